The third-order valence-corrected chi connectivity index (χ3v) is 5.05. The predicted octanol–water partition coefficient (Wildman–Crippen LogP) is 4.44. The highest BCUT2D eigenvalue weighted by atomic mass is 16.6. The molecule has 30 heavy (non-hydrogen) atoms. The fourth-order valence-corrected chi connectivity index (χ4v) is 3.03. The summed E-state index contributed by atoms with van der Waals surface area (Å²) in [6, 6.07) is 13.6. The second-order valence-corrected chi connectivity index (χ2v) is 7.19. The van der Waals surface area contributed by atoms with Gasteiger partial charge in [0.2, 0.25) is 11.7 Å². The maximum absolute atomic E-state index is 13.0. The Balaban J connectivity index is 1.71. The van der Waals surface area contributed by atoms with Gasteiger partial charge in [0.05, 0.1) is 4.92 Å². The van der Waals surface area contributed by atoms with Gasteiger partial charge in [0, 0.05) is 42.3 Å². The van der Waals surface area contributed by atoms with Crippen molar-refractivity contribution in [3.63, 3.8) is 0 Å². The minimum absolute atomic E-state index is 0.00119. The highest BCUT2D eigenvalue weighted by Gasteiger charge is 2.21. The minimum atomic E-state index is -0.458. The highest BCUT2D eigenvalue weighted by molar-refractivity contribution is 5.94. The fourth-order valence-electron chi connectivity index (χ4n) is 3.03. The SMILES string of the molecule is CC[C@@H](C)N(CCc1nc(-c2ccc([N+](=O)[O-])cc2)no1)C(=O)c1ccc(C)cc1. The molecule has 2 aromatic carbocycles. The average molecular weight is 408 g/mol. The summed E-state index contributed by atoms with van der Waals surface area (Å²) in [6.45, 7) is 6.49. The molecule has 1 aromatic heterocycles. The number of nitro benzene ring substituents is 1. The molecule has 156 valence electrons. The van der Waals surface area contributed by atoms with Gasteiger partial charge in [-0.3, -0.25) is 14.9 Å². The van der Waals surface area contributed by atoms with Crippen LogP contribution in [0.25, 0.3) is 11.4 Å². The van der Waals surface area contributed by atoms with Crippen molar-refractivity contribution < 1.29 is 14.2 Å². The molecule has 0 radical (unpaired) electrons. The van der Waals surface area contributed by atoms with E-state index in [1.165, 1.54) is 12.1 Å². The van der Waals surface area contributed by atoms with Crippen LogP contribution in [-0.4, -0.2) is 38.5 Å². The van der Waals surface area contributed by atoms with Crippen molar-refractivity contribution in [1.82, 2.24) is 15.0 Å². The molecule has 0 bridgehead atoms. The lowest BCUT2D eigenvalue weighted by Crippen LogP contribution is -2.39. The third-order valence-electron chi connectivity index (χ3n) is 5.05. The third kappa shape index (κ3) is 4.89. The summed E-state index contributed by atoms with van der Waals surface area (Å²) in [5.41, 5.74) is 2.38. The second kappa shape index (κ2) is 9.30. The minimum Gasteiger partial charge on any atom is -0.339 e. The van der Waals surface area contributed by atoms with Gasteiger partial charge in [0.25, 0.3) is 11.6 Å². The van der Waals surface area contributed by atoms with Crippen LogP contribution in [0.5, 0.6) is 0 Å². The predicted molar refractivity (Wildman–Crippen MR) is 112 cm³/mol. The van der Waals surface area contributed by atoms with Crippen molar-refractivity contribution in [3.8, 4) is 11.4 Å². The average Bonchev–Trinajstić information content (AvgIpc) is 3.23. The number of nitro groups is 1. The quantitative estimate of drug-likeness (QED) is 0.403. The van der Waals surface area contributed by atoms with Crippen LogP contribution in [0.2, 0.25) is 0 Å². The number of aryl methyl sites for hydroxylation is 1. The standard InChI is InChI=1S/C22H24N4O4/c1-4-16(3)25(22(27)18-7-5-15(2)6-8-18)14-13-20-23-21(24-30-20)17-9-11-19(12-10-17)26(28)29/h5-12,16H,4,13-14H2,1-3H3/t16-/m1/s1. The van der Waals surface area contributed by atoms with Crippen LogP contribution in [0.3, 0.4) is 0 Å². The first kappa shape index (κ1) is 21.2. The number of carbonyl (C=O) groups is 1. The van der Waals surface area contributed by atoms with Crippen LogP contribution in [0.1, 0.15) is 42.1 Å². The van der Waals surface area contributed by atoms with Gasteiger partial charge in [0.15, 0.2) is 0 Å². The molecule has 0 fully saturated rings. The van der Waals surface area contributed by atoms with Crippen LogP contribution in [0, 0.1) is 17.0 Å². The summed E-state index contributed by atoms with van der Waals surface area (Å²) in [5.74, 6) is 0.743. The molecule has 1 atom stereocenters. The largest absolute Gasteiger partial charge is 0.339 e. The number of hydrogen-bond acceptors (Lipinski definition) is 6. The summed E-state index contributed by atoms with van der Waals surface area (Å²) < 4.78 is 5.33. The first-order valence-electron chi connectivity index (χ1n) is 9.84. The Morgan fingerprint density at radius 3 is 2.43 bits per heavy atom. The number of hydrogen-bond donors (Lipinski definition) is 0. The molecule has 0 N–H and O–H groups in total. The molecular formula is C22H24N4O4. The van der Waals surface area contributed by atoms with Crippen LogP contribution < -0.4 is 0 Å². The number of benzene rings is 2. The van der Waals surface area contributed by atoms with Crippen molar-refractivity contribution in [3.05, 3.63) is 75.7 Å². The molecule has 8 heteroatoms. The Morgan fingerprint density at radius 2 is 1.83 bits per heavy atom. The van der Waals surface area contributed by atoms with Gasteiger partial charge >= 0.3 is 0 Å². The molecule has 3 rings (SSSR count). The van der Waals surface area contributed by atoms with Crippen molar-refractivity contribution in [2.45, 2.75) is 39.7 Å². The van der Waals surface area contributed by atoms with Gasteiger partial charge in [-0.15, -0.1) is 0 Å². The van der Waals surface area contributed by atoms with E-state index < -0.39 is 4.92 Å². The van der Waals surface area contributed by atoms with Crippen molar-refractivity contribution in [2.24, 2.45) is 0 Å². The van der Waals surface area contributed by atoms with Crippen LogP contribution >= 0.6 is 0 Å². The lowest BCUT2D eigenvalue weighted by atomic mass is 10.1. The van der Waals surface area contributed by atoms with E-state index in [0.29, 0.717) is 35.8 Å². The van der Waals surface area contributed by atoms with E-state index in [1.54, 1.807) is 12.1 Å². The molecule has 0 spiro atoms. The number of carbonyl (C=O) groups excluding carboxylic acids is 1. The van der Waals surface area contributed by atoms with Gasteiger partial charge in [-0.2, -0.15) is 4.98 Å². The van der Waals surface area contributed by atoms with Crippen molar-refractivity contribution in [2.75, 3.05) is 6.54 Å². The first-order valence-corrected chi connectivity index (χ1v) is 9.84. The van der Waals surface area contributed by atoms with E-state index in [2.05, 4.69) is 10.1 Å². The van der Waals surface area contributed by atoms with E-state index >= 15 is 0 Å². The number of amides is 1. The zero-order valence-corrected chi connectivity index (χ0v) is 17.2. The monoisotopic (exact) mass is 408 g/mol. The molecule has 0 unspecified atom stereocenters. The topological polar surface area (TPSA) is 102 Å². The lowest BCUT2D eigenvalue weighted by Gasteiger charge is -2.28. The van der Waals surface area contributed by atoms with Crippen LogP contribution in [-0.2, 0) is 6.42 Å². The van der Waals surface area contributed by atoms with Gasteiger partial charge in [-0.05, 0) is 44.5 Å². The molecule has 0 saturated carbocycles. The summed E-state index contributed by atoms with van der Waals surface area (Å²) in [7, 11) is 0. The van der Waals surface area contributed by atoms with E-state index in [9.17, 15) is 14.9 Å². The molecular weight excluding hydrogens is 384 g/mol. The van der Waals surface area contributed by atoms with Crippen molar-refractivity contribution in [1.29, 1.82) is 0 Å². The number of rotatable bonds is 8. The molecule has 3 aromatic rings. The maximum Gasteiger partial charge on any atom is 0.269 e. The Bertz CT molecular complexity index is 1010. The van der Waals surface area contributed by atoms with Gasteiger partial charge in [-0.25, -0.2) is 0 Å². The number of nitrogens with zero attached hydrogens (tertiary/aromatic N) is 4. The highest BCUT2D eigenvalue weighted by Crippen LogP contribution is 2.20. The number of non-ortho nitro benzene ring substituents is 1. The molecule has 0 saturated heterocycles. The first-order chi connectivity index (χ1) is 14.4. The zero-order valence-electron chi connectivity index (χ0n) is 17.2. The maximum atomic E-state index is 13.0. The van der Waals surface area contributed by atoms with E-state index in [4.69, 9.17) is 4.52 Å². The van der Waals surface area contributed by atoms with Crippen molar-refractivity contribution >= 4 is 11.6 Å². The summed E-state index contributed by atoms with van der Waals surface area (Å²) in [4.78, 5) is 29.5. The molecule has 0 aliphatic rings. The van der Waals surface area contributed by atoms with E-state index in [-0.39, 0.29) is 17.6 Å². The number of aromatic nitrogens is 2. The normalized spacial score (nSPS) is 11.8. The lowest BCUT2D eigenvalue weighted by molar-refractivity contribution is -0.384. The summed E-state index contributed by atoms with van der Waals surface area (Å²) in [5, 5.41) is 14.7. The molecule has 0 aliphatic heterocycles. The Kier molecular flexibility index (Phi) is 6.56. The Labute approximate surface area is 174 Å². The second-order valence-electron chi connectivity index (χ2n) is 7.19. The van der Waals surface area contributed by atoms with E-state index in [0.717, 1.165) is 12.0 Å². The molecule has 1 heterocycles. The van der Waals surface area contributed by atoms with Gasteiger partial charge in [-0.1, -0.05) is 29.8 Å². The van der Waals surface area contributed by atoms with Gasteiger partial charge < -0.3 is 9.42 Å². The summed E-state index contributed by atoms with van der Waals surface area (Å²) in [6.07, 6.45) is 1.25. The van der Waals surface area contributed by atoms with Crippen LogP contribution in [0.4, 0.5) is 5.69 Å². The molecule has 8 nitrogen and oxygen atoms in total. The zero-order chi connectivity index (χ0) is 21.7. The van der Waals surface area contributed by atoms with Crippen LogP contribution in [0.15, 0.2) is 53.1 Å². The smallest absolute Gasteiger partial charge is 0.269 e. The summed E-state index contributed by atoms with van der Waals surface area (Å²) >= 11 is 0. The molecule has 0 aliphatic carbocycles. The fraction of sp³-hybridized carbons (Fsp3) is 0.318. The molecule has 1 amide bonds. The van der Waals surface area contributed by atoms with E-state index in [1.807, 2.05) is 49.9 Å². The Hall–Kier alpha value is -3.55. The van der Waals surface area contributed by atoms with Gasteiger partial charge in [0.1, 0.15) is 0 Å². The Morgan fingerprint density at radius 1 is 1.17 bits per heavy atom.